The van der Waals surface area contributed by atoms with Crippen molar-refractivity contribution in [3.05, 3.63) is 46.0 Å². The lowest BCUT2D eigenvalue weighted by molar-refractivity contribution is -0.384. The predicted octanol–water partition coefficient (Wildman–Crippen LogP) is 8.86. The number of carboxylic acids is 1. The number of esters is 1. The number of aliphatic carboxylic acids is 1. The van der Waals surface area contributed by atoms with Crippen LogP contribution in [0, 0.1) is 56.5 Å². The van der Waals surface area contributed by atoms with Gasteiger partial charge in [0.25, 0.3) is 5.69 Å². The first-order valence-corrected chi connectivity index (χ1v) is 18.5. The maximum absolute atomic E-state index is 11.2. The number of carboxylic acid groups (broad SMARTS) is 1. The molecule has 2 N–H and O–H groups in total. The van der Waals surface area contributed by atoms with E-state index in [4.69, 9.17) is 5.11 Å². The van der Waals surface area contributed by atoms with Crippen LogP contribution in [-0.2, 0) is 19.1 Å². The quantitative estimate of drug-likeness (QED) is 0.0538. The SMILES string of the molecule is CC(C)CCCC(C)[C@H]1CC[C@H]2[C@@H]3CC=C4C[C@@H](O)CC[C@]4(C)[C@H]3CC[C@]12C.O=C(O)CCC(=O)OCOC(=O)Oc1ccc([N+](=O)[O-])cc1. The zero-order valence-corrected chi connectivity index (χ0v) is 30.4. The average Bonchev–Trinajstić information content (AvgIpc) is 3.42. The van der Waals surface area contributed by atoms with Gasteiger partial charge in [-0.15, -0.1) is 0 Å². The van der Waals surface area contributed by atoms with Gasteiger partial charge < -0.3 is 24.4 Å². The number of allylic oxidation sites excluding steroid dienone is 1. The van der Waals surface area contributed by atoms with Gasteiger partial charge in [0, 0.05) is 12.1 Å². The van der Waals surface area contributed by atoms with Crippen molar-refractivity contribution in [2.75, 3.05) is 6.79 Å². The molecule has 278 valence electrons. The molecule has 0 radical (unpaired) electrons. The van der Waals surface area contributed by atoms with Crippen molar-refractivity contribution in [2.45, 2.75) is 124 Å². The lowest BCUT2D eigenvalue weighted by Crippen LogP contribution is -2.50. The Balaban J connectivity index is 0.000000233. The normalized spacial score (nSPS) is 30.3. The molecule has 0 heterocycles. The van der Waals surface area contributed by atoms with Crippen molar-refractivity contribution < 1.29 is 43.7 Å². The predicted molar refractivity (Wildman–Crippen MR) is 187 cm³/mol. The zero-order valence-electron chi connectivity index (χ0n) is 30.4. The van der Waals surface area contributed by atoms with Crippen LogP contribution in [0.4, 0.5) is 10.5 Å². The monoisotopic (exact) mass is 699 g/mol. The minimum Gasteiger partial charge on any atom is -0.481 e. The molecule has 0 aromatic heterocycles. The van der Waals surface area contributed by atoms with Crippen LogP contribution in [0.1, 0.15) is 118 Å². The highest BCUT2D eigenvalue weighted by Crippen LogP contribution is 2.67. The Bertz CT molecular complexity index is 1380. The van der Waals surface area contributed by atoms with E-state index in [0.717, 1.165) is 60.5 Å². The fourth-order valence-electron chi connectivity index (χ4n) is 9.85. The topological polar surface area (TPSA) is 162 Å². The molecule has 0 spiro atoms. The molecule has 4 aliphatic rings. The number of fused-ring (bicyclic) bond motifs is 5. The van der Waals surface area contributed by atoms with Crippen molar-refractivity contribution in [2.24, 2.45) is 46.3 Å². The first-order valence-electron chi connectivity index (χ1n) is 18.5. The second-order valence-electron chi connectivity index (χ2n) is 16.0. The van der Waals surface area contributed by atoms with Crippen LogP contribution in [0.25, 0.3) is 0 Å². The minimum atomic E-state index is -1.18. The van der Waals surface area contributed by atoms with Gasteiger partial charge in [-0.3, -0.25) is 19.7 Å². The van der Waals surface area contributed by atoms with Gasteiger partial charge in [0.2, 0.25) is 6.79 Å². The molecule has 1 aromatic carbocycles. The van der Waals surface area contributed by atoms with Gasteiger partial charge in [0.05, 0.1) is 23.9 Å². The van der Waals surface area contributed by atoms with E-state index in [1.165, 1.54) is 69.9 Å². The highest BCUT2D eigenvalue weighted by Gasteiger charge is 2.59. The van der Waals surface area contributed by atoms with E-state index in [-0.39, 0.29) is 24.0 Å². The fourth-order valence-corrected chi connectivity index (χ4v) is 9.85. The molecule has 8 atom stereocenters. The Morgan fingerprint density at radius 2 is 1.68 bits per heavy atom. The summed E-state index contributed by atoms with van der Waals surface area (Å²) in [5, 5.41) is 29.0. The van der Waals surface area contributed by atoms with Crippen LogP contribution in [0.5, 0.6) is 5.75 Å². The number of ether oxygens (including phenoxy) is 3. The lowest BCUT2D eigenvalue weighted by atomic mass is 9.47. The third-order valence-electron chi connectivity index (χ3n) is 12.5. The van der Waals surface area contributed by atoms with Gasteiger partial charge in [-0.25, -0.2) is 4.79 Å². The minimum absolute atomic E-state index is 0.00723. The van der Waals surface area contributed by atoms with E-state index in [1.807, 2.05) is 0 Å². The molecule has 3 fully saturated rings. The van der Waals surface area contributed by atoms with Gasteiger partial charge in [0.1, 0.15) is 5.75 Å². The standard InChI is InChI=1S/C27H46O.C12H11NO9/c1-18(2)7-6-8-19(3)23-11-12-24-22-10-9-20-17-21(28)13-15-26(20,4)25(22)14-16-27(23,24)5;14-10(15)5-6-11(16)20-7-21-12(17)22-9-3-1-8(2-4-9)13(18)19/h9,18-19,21-25,28H,6-8,10-17H2,1-5H3;1-4H,5-7H2,(H,14,15)/t19?,21-,22-,23+,24-,25-,26-,27+;/m0./s1. The summed E-state index contributed by atoms with van der Waals surface area (Å²) in [6, 6.07) is 4.65. The number of hydrogen-bond acceptors (Lipinski definition) is 9. The van der Waals surface area contributed by atoms with E-state index in [1.54, 1.807) is 5.57 Å². The average molecular weight is 700 g/mol. The van der Waals surface area contributed by atoms with Crippen LogP contribution in [0.15, 0.2) is 35.9 Å². The van der Waals surface area contributed by atoms with E-state index in [0.29, 0.717) is 10.8 Å². The second kappa shape index (κ2) is 17.2. The number of hydrogen-bond donors (Lipinski definition) is 2. The number of aliphatic hydroxyl groups excluding tert-OH is 1. The highest BCUT2D eigenvalue weighted by molar-refractivity contribution is 5.76. The Labute approximate surface area is 296 Å². The van der Waals surface area contributed by atoms with Crippen molar-refractivity contribution in [1.29, 1.82) is 0 Å². The number of nitrogens with zero attached hydrogens (tertiary/aromatic N) is 1. The summed E-state index contributed by atoms with van der Waals surface area (Å²) < 4.78 is 13.5. The first kappa shape index (κ1) is 39.3. The second-order valence-corrected chi connectivity index (χ2v) is 16.0. The van der Waals surface area contributed by atoms with Crippen LogP contribution in [0.2, 0.25) is 0 Å². The van der Waals surface area contributed by atoms with Crippen LogP contribution < -0.4 is 4.74 Å². The van der Waals surface area contributed by atoms with Crippen LogP contribution in [0.3, 0.4) is 0 Å². The van der Waals surface area contributed by atoms with E-state index in [9.17, 15) is 29.6 Å². The third-order valence-corrected chi connectivity index (χ3v) is 12.5. The van der Waals surface area contributed by atoms with E-state index in [2.05, 4.69) is 54.9 Å². The number of carbonyl (C=O) groups excluding carboxylic acids is 2. The van der Waals surface area contributed by atoms with Crippen LogP contribution >= 0.6 is 0 Å². The van der Waals surface area contributed by atoms with Gasteiger partial charge in [-0.05, 0) is 110 Å². The number of carbonyl (C=O) groups is 3. The summed E-state index contributed by atoms with van der Waals surface area (Å²) in [6.07, 6.45) is 15.2. The Kier molecular flexibility index (Phi) is 13.5. The molecule has 3 saturated carbocycles. The van der Waals surface area contributed by atoms with Crippen molar-refractivity contribution in [3.63, 3.8) is 0 Å². The molecule has 11 heteroatoms. The fraction of sp³-hybridized carbons (Fsp3) is 0.718. The Hall–Kier alpha value is -3.47. The molecule has 4 aliphatic carbocycles. The number of rotatable bonds is 12. The third kappa shape index (κ3) is 9.65. The van der Waals surface area contributed by atoms with Gasteiger partial charge in [-0.1, -0.05) is 65.5 Å². The van der Waals surface area contributed by atoms with Crippen molar-refractivity contribution >= 4 is 23.8 Å². The first-order chi connectivity index (χ1) is 23.6. The summed E-state index contributed by atoms with van der Waals surface area (Å²) in [6.45, 7) is 11.8. The Morgan fingerprint density at radius 1 is 0.960 bits per heavy atom. The number of benzene rings is 1. The molecule has 1 unspecified atom stereocenters. The molecule has 0 bridgehead atoms. The maximum atomic E-state index is 11.2. The number of aliphatic hydroxyl groups is 1. The smallest absolute Gasteiger partial charge is 0.481 e. The molecule has 50 heavy (non-hydrogen) atoms. The van der Waals surface area contributed by atoms with Crippen LogP contribution in [-0.4, -0.2) is 46.1 Å². The summed E-state index contributed by atoms with van der Waals surface area (Å²) in [5.41, 5.74) is 2.43. The van der Waals surface area contributed by atoms with Gasteiger partial charge in [-0.2, -0.15) is 0 Å². The summed E-state index contributed by atoms with van der Waals surface area (Å²) in [7, 11) is 0. The van der Waals surface area contributed by atoms with Gasteiger partial charge >= 0.3 is 18.1 Å². The zero-order chi connectivity index (χ0) is 36.6. The summed E-state index contributed by atoms with van der Waals surface area (Å²) >= 11 is 0. The Morgan fingerprint density at radius 3 is 2.34 bits per heavy atom. The number of non-ortho nitro benzene ring substituents is 1. The molecule has 11 nitrogen and oxygen atoms in total. The molecule has 0 amide bonds. The molecule has 0 aliphatic heterocycles. The molecule has 1 aromatic rings. The van der Waals surface area contributed by atoms with E-state index < -0.39 is 36.2 Å². The lowest BCUT2D eigenvalue weighted by Gasteiger charge is -2.58. The number of nitro benzene ring substituents is 1. The molecule has 5 rings (SSSR count). The number of nitro groups is 1. The summed E-state index contributed by atoms with van der Waals surface area (Å²) in [4.78, 5) is 42.2. The van der Waals surface area contributed by atoms with E-state index >= 15 is 0 Å². The largest absolute Gasteiger partial charge is 0.516 e. The molecular formula is C39H57NO10. The molecular weight excluding hydrogens is 642 g/mol. The van der Waals surface area contributed by atoms with Gasteiger partial charge in [0.15, 0.2) is 0 Å². The maximum Gasteiger partial charge on any atom is 0.516 e. The highest BCUT2D eigenvalue weighted by atomic mass is 16.8. The summed E-state index contributed by atoms with van der Waals surface area (Å²) in [5.74, 6) is 3.47. The van der Waals surface area contributed by atoms with Crippen molar-refractivity contribution in [1.82, 2.24) is 0 Å². The van der Waals surface area contributed by atoms with Crippen molar-refractivity contribution in [3.8, 4) is 5.75 Å². The molecule has 0 saturated heterocycles.